The number of esters is 1. The number of halogens is 2. The summed E-state index contributed by atoms with van der Waals surface area (Å²) >= 11 is 6.09. The van der Waals surface area contributed by atoms with Gasteiger partial charge >= 0.3 is 5.97 Å². The van der Waals surface area contributed by atoms with Gasteiger partial charge in [0.1, 0.15) is 16.5 Å². The highest BCUT2D eigenvalue weighted by Crippen LogP contribution is 2.31. The maximum atomic E-state index is 14.2. The minimum atomic E-state index is -0.856. The number of para-hydroxylation sites is 2. The molecule has 10 heteroatoms. The molecule has 0 saturated carbocycles. The van der Waals surface area contributed by atoms with Crippen LogP contribution >= 0.6 is 11.6 Å². The second-order valence-electron chi connectivity index (χ2n) is 7.51. The first-order chi connectivity index (χ1) is 17.3. The van der Waals surface area contributed by atoms with E-state index in [1.807, 2.05) is 0 Å². The zero-order valence-corrected chi connectivity index (χ0v) is 19.6. The van der Waals surface area contributed by atoms with Gasteiger partial charge in [-0.05, 0) is 55.5 Å². The molecule has 1 heterocycles. The lowest BCUT2D eigenvalue weighted by Crippen LogP contribution is -2.33. The Labute approximate surface area is 210 Å². The van der Waals surface area contributed by atoms with Crippen molar-refractivity contribution in [1.82, 2.24) is 0 Å². The lowest BCUT2D eigenvalue weighted by molar-refractivity contribution is -0.120. The lowest BCUT2D eigenvalue weighted by Gasteiger charge is -2.15. The van der Waals surface area contributed by atoms with Gasteiger partial charge in [-0.1, -0.05) is 35.9 Å². The lowest BCUT2D eigenvalue weighted by atomic mass is 10.1. The van der Waals surface area contributed by atoms with Crippen LogP contribution in [0.25, 0.3) is 0 Å². The van der Waals surface area contributed by atoms with Crippen molar-refractivity contribution >= 4 is 52.4 Å². The van der Waals surface area contributed by atoms with Crippen LogP contribution in [0.5, 0.6) is 0 Å². The molecule has 8 nitrogen and oxygen atoms in total. The molecule has 0 atom stereocenters. The molecule has 0 saturated heterocycles. The summed E-state index contributed by atoms with van der Waals surface area (Å²) in [6, 6.07) is 17.8. The summed E-state index contributed by atoms with van der Waals surface area (Å²) in [5.41, 5.74) is 0.715. The van der Waals surface area contributed by atoms with Gasteiger partial charge in [-0.15, -0.1) is 0 Å². The van der Waals surface area contributed by atoms with Gasteiger partial charge in [0.15, 0.2) is 0 Å². The Balaban J connectivity index is 1.49. The Kier molecular flexibility index (Phi) is 7.12. The van der Waals surface area contributed by atoms with Crippen LogP contribution in [0.15, 0.2) is 83.5 Å². The van der Waals surface area contributed by atoms with E-state index in [0.29, 0.717) is 16.3 Å². The van der Waals surface area contributed by atoms with Crippen molar-refractivity contribution < 1.29 is 28.3 Å². The van der Waals surface area contributed by atoms with Gasteiger partial charge in [-0.3, -0.25) is 14.4 Å². The van der Waals surface area contributed by atoms with Crippen molar-refractivity contribution in [3.8, 4) is 0 Å². The van der Waals surface area contributed by atoms with Crippen LogP contribution in [0.2, 0.25) is 0 Å². The van der Waals surface area contributed by atoms with Gasteiger partial charge in [0, 0.05) is 11.3 Å². The Bertz CT molecular complexity index is 1400. The van der Waals surface area contributed by atoms with Crippen LogP contribution < -0.4 is 15.5 Å². The molecule has 182 valence electrons. The number of hydrogen-bond donors (Lipinski definition) is 2. The first kappa shape index (κ1) is 24.6. The Hall–Kier alpha value is -4.50. The number of anilines is 3. The second kappa shape index (κ2) is 10.4. The molecule has 0 aliphatic carbocycles. The van der Waals surface area contributed by atoms with Gasteiger partial charge < -0.3 is 15.4 Å². The quantitative estimate of drug-likeness (QED) is 0.355. The molecule has 2 N–H and O–H groups in total. The van der Waals surface area contributed by atoms with Gasteiger partial charge in [-0.2, -0.15) is 0 Å². The third kappa shape index (κ3) is 4.82. The van der Waals surface area contributed by atoms with E-state index >= 15 is 0 Å². The third-order valence-electron chi connectivity index (χ3n) is 5.21. The topological polar surface area (TPSA) is 105 Å². The van der Waals surface area contributed by atoms with Crippen molar-refractivity contribution in [3.63, 3.8) is 0 Å². The number of ether oxygens (including phenoxy) is 1. The first-order valence-electron chi connectivity index (χ1n) is 10.8. The van der Waals surface area contributed by atoms with Crippen molar-refractivity contribution in [2.45, 2.75) is 6.92 Å². The monoisotopic (exact) mass is 507 g/mol. The summed E-state index contributed by atoms with van der Waals surface area (Å²) in [6.45, 7) is 1.88. The molecule has 1 aliphatic heterocycles. The number of rotatable bonds is 7. The van der Waals surface area contributed by atoms with E-state index in [2.05, 4.69) is 10.6 Å². The third-order valence-corrected chi connectivity index (χ3v) is 5.56. The van der Waals surface area contributed by atoms with E-state index in [9.17, 15) is 23.6 Å². The fourth-order valence-electron chi connectivity index (χ4n) is 3.49. The highest BCUT2D eigenvalue weighted by molar-refractivity contribution is 6.53. The Morgan fingerprint density at radius 2 is 1.61 bits per heavy atom. The van der Waals surface area contributed by atoms with Crippen molar-refractivity contribution in [2.75, 3.05) is 22.1 Å². The predicted octanol–water partition coefficient (Wildman–Crippen LogP) is 4.69. The molecule has 0 spiro atoms. The molecular formula is C26H19ClFN3O5. The van der Waals surface area contributed by atoms with Crippen LogP contribution in [-0.4, -0.2) is 30.3 Å². The van der Waals surface area contributed by atoms with Crippen molar-refractivity contribution in [2.24, 2.45) is 0 Å². The van der Waals surface area contributed by atoms with E-state index in [1.165, 1.54) is 42.5 Å². The minimum absolute atomic E-state index is 0.197. The fourth-order valence-corrected chi connectivity index (χ4v) is 3.70. The SMILES string of the molecule is CCOC(=O)c1ccccc1NC(=O)c1ccc(NC2=C(Cl)C(=O)N(c3ccccc3F)C2=O)cc1. The largest absolute Gasteiger partial charge is 0.462 e. The number of nitrogens with zero attached hydrogens (tertiary/aromatic N) is 1. The molecule has 0 radical (unpaired) electrons. The summed E-state index contributed by atoms with van der Waals surface area (Å²) in [7, 11) is 0. The van der Waals surface area contributed by atoms with Gasteiger partial charge in [0.2, 0.25) is 0 Å². The van der Waals surface area contributed by atoms with Crippen molar-refractivity contribution in [1.29, 1.82) is 0 Å². The number of imide groups is 1. The molecule has 3 aromatic rings. The average molecular weight is 508 g/mol. The Morgan fingerprint density at radius 1 is 0.944 bits per heavy atom. The normalized spacial score (nSPS) is 13.1. The summed E-state index contributed by atoms with van der Waals surface area (Å²) < 4.78 is 19.2. The van der Waals surface area contributed by atoms with Gasteiger partial charge in [0.25, 0.3) is 17.7 Å². The zero-order chi connectivity index (χ0) is 25.8. The number of benzene rings is 3. The van der Waals surface area contributed by atoms with Crippen LogP contribution in [0.4, 0.5) is 21.5 Å². The molecule has 3 amide bonds. The van der Waals surface area contributed by atoms with Crippen LogP contribution in [0.1, 0.15) is 27.6 Å². The number of amides is 3. The molecule has 0 fully saturated rings. The minimum Gasteiger partial charge on any atom is -0.462 e. The standard InChI is InChI=1S/C26H19ClFN3O5/c1-2-36-26(35)17-7-3-5-9-19(17)30-23(32)15-11-13-16(14-12-15)29-22-21(27)24(33)31(25(22)34)20-10-6-4-8-18(20)28/h3-14,29H,2H2,1H3,(H,30,32). The van der Waals surface area contributed by atoms with E-state index < -0.39 is 29.5 Å². The summed E-state index contributed by atoms with van der Waals surface area (Å²) in [5, 5.41) is 5.05. The Morgan fingerprint density at radius 3 is 2.31 bits per heavy atom. The summed E-state index contributed by atoms with van der Waals surface area (Å²) in [4.78, 5) is 50.9. The van der Waals surface area contributed by atoms with Crippen LogP contribution in [-0.2, 0) is 14.3 Å². The predicted molar refractivity (Wildman–Crippen MR) is 132 cm³/mol. The van der Waals surface area contributed by atoms with Crippen LogP contribution in [0, 0.1) is 5.82 Å². The van der Waals surface area contributed by atoms with E-state index in [-0.39, 0.29) is 34.2 Å². The summed E-state index contributed by atoms with van der Waals surface area (Å²) in [6.07, 6.45) is 0. The van der Waals surface area contributed by atoms with E-state index in [1.54, 1.807) is 31.2 Å². The average Bonchev–Trinajstić information content (AvgIpc) is 3.08. The van der Waals surface area contributed by atoms with Gasteiger partial charge in [0.05, 0.1) is 23.5 Å². The van der Waals surface area contributed by atoms with E-state index in [4.69, 9.17) is 16.3 Å². The first-order valence-corrected chi connectivity index (χ1v) is 11.2. The summed E-state index contributed by atoms with van der Waals surface area (Å²) in [5.74, 6) is -3.45. The van der Waals surface area contributed by atoms with E-state index in [0.717, 1.165) is 6.07 Å². The smallest absolute Gasteiger partial charge is 0.340 e. The zero-order valence-electron chi connectivity index (χ0n) is 18.9. The molecule has 4 rings (SSSR count). The molecular weight excluding hydrogens is 489 g/mol. The molecule has 36 heavy (non-hydrogen) atoms. The maximum Gasteiger partial charge on any atom is 0.340 e. The second-order valence-corrected chi connectivity index (χ2v) is 7.89. The van der Waals surface area contributed by atoms with Gasteiger partial charge in [-0.25, -0.2) is 14.1 Å². The highest BCUT2D eigenvalue weighted by atomic mass is 35.5. The van der Waals surface area contributed by atoms with Crippen LogP contribution in [0.3, 0.4) is 0 Å². The molecule has 0 bridgehead atoms. The number of carbonyl (C=O) groups excluding carboxylic acids is 4. The number of nitrogens with one attached hydrogen (secondary N) is 2. The molecule has 3 aromatic carbocycles. The van der Waals surface area contributed by atoms with Crippen molar-refractivity contribution in [3.05, 3.63) is 100 Å². The number of carbonyl (C=O) groups is 4. The molecule has 1 aliphatic rings. The molecule has 0 unspecified atom stereocenters. The number of hydrogen-bond acceptors (Lipinski definition) is 6. The molecule has 0 aromatic heterocycles. The highest BCUT2D eigenvalue weighted by Gasteiger charge is 2.40. The maximum absolute atomic E-state index is 14.2. The fraction of sp³-hybridized carbons (Fsp3) is 0.0769.